The van der Waals surface area contributed by atoms with Gasteiger partial charge in [0.2, 0.25) is 17.7 Å². The first-order valence-electron chi connectivity index (χ1n) is 12.2. The van der Waals surface area contributed by atoms with Crippen molar-refractivity contribution in [3.63, 3.8) is 0 Å². The number of primary amides is 1. The molecule has 1 heterocycles. The summed E-state index contributed by atoms with van der Waals surface area (Å²) in [5.41, 5.74) is 5.19. The highest BCUT2D eigenvalue weighted by molar-refractivity contribution is 5.90. The number of terminal acetylenes is 3. The van der Waals surface area contributed by atoms with Crippen molar-refractivity contribution in [3.05, 3.63) is 12.8 Å². The third kappa shape index (κ3) is 41.0. The van der Waals surface area contributed by atoms with E-state index in [0.717, 1.165) is 0 Å². The first-order valence-corrected chi connectivity index (χ1v) is 12.2. The molecule has 39 heavy (non-hydrogen) atoms. The maximum atomic E-state index is 11.8. The Morgan fingerprint density at radius 1 is 0.949 bits per heavy atom. The fourth-order valence-electron chi connectivity index (χ4n) is 2.05. The summed E-state index contributed by atoms with van der Waals surface area (Å²) in [6.45, 7) is 16.8. The quantitative estimate of drug-likeness (QED) is 0.292. The van der Waals surface area contributed by atoms with Gasteiger partial charge in [-0.1, -0.05) is 54.5 Å². The second-order valence-electron chi connectivity index (χ2n) is 5.87. The number of nitrogens with zero attached hydrogens (tertiary/aromatic N) is 1. The van der Waals surface area contributed by atoms with Gasteiger partial charge in [0.05, 0.1) is 13.7 Å². The summed E-state index contributed by atoms with van der Waals surface area (Å²) in [5, 5.41) is 6.86. The number of rotatable bonds is 6. The Labute approximate surface area is 237 Å². The van der Waals surface area contributed by atoms with E-state index in [9.17, 15) is 24.0 Å². The normalized spacial score (nSPS) is 10.9. The largest absolute Gasteiger partial charge is 0.468 e. The predicted molar refractivity (Wildman–Crippen MR) is 160 cm³/mol. The fourth-order valence-corrected chi connectivity index (χ4v) is 2.05. The number of carbonyl (C=O) groups excluding carboxylic acids is 5. The maximum absolute atomic E-state index is 11.8. The standard InChI is InChI=1S/C11H18N4O5.C4H7NO.C3H8.2C2H6.3C2H2/c1-20-9(17)6-14-11(19)13-5-8(16)15-4-2-3-7(15)10(12)18;1-3-5-4(2)6;1-3-2;5*1-2/h7H,2-6H2,1H3,(H2,12,18)(H2,13,14,19);3H,1H2,2H3,(H,5,6);3H2,1-2H3;2*1-2H3;3*1-2H/t7-;;;;;;;/m0......./s1. The van der Waals surface area contributed by atoms with Crippen molar-refractivity contribution in [2.75, 3.05) is 26.7 Å². The zero-order chi connectivity index (χ0) is 32.8. The number of nitrogens with two attached hydrogens (primary N) is 1. The summed E-state index contributed by atoms with van der Waals surface area (Å²) in [6.07, 6.45) is 27.8. The second-order valence-corrected chi connectivity index (χ2v) is 5.87. The van der Waals surface area contributed by atoms with Crippen LogP contribution in [0.1, 0.15) is 67.7 Å². The lowest BCUT2D eigenvalue weighted by atomic mass is 10.2. The maximum Gasteiger partial charge on any atom is 0.325 e. The molecule has 0 saturated carbocycles. The van der Waals surface area contributed by atoms with Crippen molar-refractivity contribution in [1.29, 1.82) is 0 Å². The molecule has 224 valence electrons. The lowest BCUT2D eigenvalue weighted by Gasteiger charge is -2.22. The second kappa shape index (κ2) is 46.9. The highest BCUT2D eigenvalue weighted by Gasteiger charge is 2.32. The lowest BCUT2D eigenvalue weighted by molar-refractivity contribution is -0.139. The topological polar surface area (TPSA) is 160 Å². The monoisotopic (exact) mass is 553 g/mol. The van der Waals surface area contributed by atoms with Gasteiger partial charge in [-0.15, -0.1) is 38.5 Å². The third-order valence-electron chi connectivity index (χ3n) is 3.23. The Balaban J connectivity index is -0.0000000893. The van der Waals surface area contributed by atoms with Crippen molar-refractivity contribution in [1.82, 2.24) is 20.9 Å². The molecular formula is C28H51N5O6. The summed E-state index contributed by atoms with van der Waals surface area (Å²) in [7, 11) is 1.20. The van der Waals surface area contributed by atoms with Crippen LogP contribution >= 0.6 is 0 Å². The minimum Gasteiger partial charge on any atom is -0.468 e. The third-order valence-corrected chi connectivity index (χ3v) is 3.23. The Kier molecular flexibility index (Phi) is 61.6. The molecule has 0 aromatic carbocycles. The average Bonchev–Trinajstić information content (AvgIpc) is 3.47. The smallest absolute Gasteiger partial charge is 0.325 e. The van der Waals surface area contributed by atoms with E-state index in [2.05, 4.69) is 79.7 Å². The Hall–Kier alpha value is -4.43. The zero-order valence-electron chi connectivity index (χ0n) is 25.0. The number of amides is 5. The molecule has 5 N–H and O–H groups in total. The van der Waals surface area contributed by atoms with Crippen molar-refractivity contribution >= 4 is 29.7 Å². The van der Waals surface area contributed by atoms with E-state index in [0.29, 0.717) is 19.4 Å². The van der Waals surface area contributed by atoms with Gasteiger partial charge in [0.25, 0.3) is 0 Å². The number of hydrogen-bond donors (Lipinski definition) is 4. The van der Waals surface area contributed by atoms with Crippen molar-refractivity contribution < 1.29 is 28.7 Å². The van der Waals surface area contributed by atoms with Crippen molar-refractivity contribution in [2.24, 2.45) is 5.73 Å². The molecule has 0 bridgehead atoms. The minimum absolute atomic E-state index is 0.0787. The van der Waals surface area contributed by atoms with Gasteiger partial charge in [-0.25, -0.2) is 4.79 Å². The zero-order valence-corrected chi connectivity index (χ0v) is 25.0. The number of carbonyl (C=O) groups is 5. The summed E-state index contributed by atoms with van der Waals surface area (Å²) in [4.78, 5) is 56.3. The Morgan fingerprint density at radius 2 is 1.36 bits per heavy atom. The molecule has 0 unspecified atom stereocenters. The number of esters is 1. The van der Waals surface area contributed by atoms with Gasteiger partial charge in [0, 0.05) is 13.5 Å². The molecule has 1 fully saturated rings. The number of ether oxygens (including phenoxy) is 1. The Bertz CT molecular complexity index is 673. The van der Waals surface area contributed by atoms with Gasteiger partial charge < -0.3 is 31.3 Å². The number of urea groups is 1. The van der Waals surface area contributed by atoms with Crippen molar-refractivity contribution in [3.8, 4) is 38.5 Å². The van der Waals surface area contributed by atoms with Gasteiger partial charge >= 0.3 is 12.0 Å². The molecule has 1 aliphatic rings. The molecule has 1 atom stereocenters. The minimum atomic E-state index is -0.668. The number of methoxy groups -OCH3 is 1. The first kappa shape index (κ1) is 51.3. The van der Waals surface area contributed by atoms with E-state index in [4.69, 9.17) is 5.73 Å². The predicted octanol–water partition coefficient (Wildman–Crippen LogP) is 2.42. The van der Waals surface area contributed by atoms with Gasteiger partial charge in [0.15, 0.2) is 0 Å². The molecular weight excluding hydrogens is 502 g/mol. The molecule has 0 aliphatic carbocycles. The number of hydrogen-bond acceptors (Lipinski definition) is 6. The van der Waals surface area contributed by atoms with Gasteiger partial charge in [-0.2, -0.15) is 0 Å². The molecule has 0 aromatic rings. The van der Waals surface area contributed by atoms with Crippen LogP contribution in [0.3, 0.4) is 0 Å². The number of likely N-dealkylation sites (tertiary alicyclic amines) is 1. The first-order chi connectivity index (χ1) is 18.6. The highest BCUT2D eigenvalue weighted by Crippen LogP contribution is 2.16. The van der Waals surface area contributed by atoms with Crippen LogP contribution in [0.4, 0.5) is 4.79 Å². The molecule has 1 rings (SSSR count). The van der Waals surface area contributed by atoms with Gasteiger partial charge in [-0.05, 0) is 19.0 Å². The van der Waals surface area contributed by atoms with Crippen LogP contribution in [0.5, 0.6) is 0 Å². The summed E-state index contributed by atoms with van der Waals surface area (Å²) < 4.78 is 4.34. The molecule has 0 radical (unpaired) electrons. The van der Waals surface area contributed by atoms with Crippen LogP contribution in [0.2, 0.25) is 0 Å². The molecule has 1 saturated heterocycles. The van der Waals surface area contributed by atoms with E-state index in [-0.39, 0.29) is 24.9 Å². The number of nitrogens with one attached hydrogen (secondary N) is 3. The molecule has 0 aromatic heterocycles. The van der Waals surface area contributed by atoms with E-state index >= 15 is 0 Å². The van der Waals surface area contributed by atoms with Crippen LogP contribution in [0, 0.1) is 38.5 Å². The molecule has 0 spiro atoms. The van der Waals surface area contributed by atoms with Crippen molar-refractivity contribution in [2.45, 2.75) is 73.8 Å². The van der Waals surface area contributed by atoms with E-state index in [1.54, 1.807) is 0 Å². The van der Waals surface area contributed by atoms with E-state index in [1.807, 2.05) is 27.7 Å². The SMILES string of the molecule is C#C.C#C.C#C.C=CNC(C)=O.CC.CC.CCC.COC(=O)CNC(=O)NCC(=O)N1CCC[C@H]1C(N)=O. The van der Waals surface area contributed by atoms with E-state index in [1.165, 1.54) is 31.6 Å². The van der Waals surface area contributed by atoms with Gasteiger partial charge in [0.1, 0.15) is 12.6 Å². The molecule has 1 aliphatic heterocycles. The summed E-state index contributed by atoms with van der Waals surface area (Å²) in [6, 6.07) is -1.28. The van der Waals surface area contributed by atoms with Crippen LogP contribution in [0.15, 0.2) is 12.8 Å². The summed E-state index contributed by atoms with van der Waals surface area (Å²) in [5.74, 6) is -1.62. The van der Waals surface area contributed by atoms with Crippen LogP contribution in [-0.2, 0) is 23.9 Å². The van der Waals surface area contributed by atoms with Gasteiger partial charge in [-0.3, -0.25) is 19.2 Å². The van der Waals surface area contributed by atoms with Crippen LogP contribution < -0.4 is 21.7 Å². The van der Waals surface area contributed by atoms with E-state index < -0.39 is 23.9 Å². The Morgan fingerprint density at radius 3 is 1.67 bits per heavy atom. The molecule has 5 amide bonds. The van der Waals surface area contributed by atoms with Crippen LogP contribution in [0.25, 0.3) is 0 Å². The lowest BCUT2D eigenvalue weighted by Crippen LogP contribution is -2.49. The fraction of sp³-hybridized carbons (Fsp3) is 0.536. The molecule has 11 heteroatoms. The average molecular weight is 554 g/mol. The van der Waals surface area contributed by atoms with Crippen LogP contribution in [-0.4, -0.2) is 67.4 Å². The summed E-state index contributed by atoms with van der Waals surface area (Å²) >= 11 is 0. The molecule has 11 nitrogen and oxygen atoms in total. The highest BCUT2D eigenvalue weighted by atomic mass is 16.5.